The van der Waals surface area contributed by atoms with Gasteiger partial charge >= 0.3 is 5.97 Å². The first-order chi connectivity index (χ1) is 15.5. The fourth-order valence-electron chi connectivity index (χ4n) is 2.87. The van der Waals surface area contributed by atoms with E-state index in [2.05, 4.69) is 28.6 Å². The SMILES string of the molecule is CC(C)CC(NC(=O)C(CS)NC(=O)C(Cc1ccc(O)cc1)NC(=O)C(N)CO)C(=O)O. The van der Waals surface area contributed by atoms with Gasteiger partial charge in [-0.05, 0) is 30.0 Å². The number of hydrogen-bond donors (Lipinski definition) is 8. The van der Waals surface area contributed by atoms with Gasteiger partial charge in [0.2, 0.25) is 17.7 Å². The summed E-state index contributed by atoms with van der Waals surface area (Å²) in [5.74, 6) is -3.52. The number of carboxylic acid groups (broad SMARTS) is 1. The molecule has 0 bridgehead atoms. The lowest BCUT2D eigenvalue weighted by molar-refractivity contribution is -0.142. The van der Waals surface area contributed by atoms with E-state index in [1.807, 2.05) is 13.8 Å². The number of carbonyl (C=O) groups excluding carboxylic acids is 3. The Hall–Kier alpha value is -2.83. The van der Waals surface area contributed by atoms with Gasteiger partial charge in [-0.15, -0.1) is 0 Å². The summed E-state index contributed by atoms with van der Waals surface area (Å²) < 4.78 is 0. The van der Waals surface area contributed by atoms with Crippen molar-refractivity contribution in [3.63, 3.8) is 0 Å². The zero-order valence-electron chi connectivity index (χ0n) is 18.5. The highest BCUT2D eigenvalue weighted by atomic mass is 32.1. The maximum Gasteiger partial charge on any atom is 0.326 e. The first-order valence-electron chi connectivity index (χ1n) is 10.4. The van der Waals surface area contributed by atoms with Crippen molar-refractivity contribution >= 4 is 36.3 Å². The second-order valence-corrected chi connectivity index (χ2v) is 8.36. The van der Waals surface area contributed by atoms with E-state index in [0.29, 0.717) is 5.56 Å². The fourth-order valence-corrected chi connectivity index (χ4v) is 3.13. The minimum Gasteiger partial charge on any atom is -0.508 e. The molecule has 0 saturated carbocycles. The van der Waals surface area contributed by atoms with Gasteiger partial charge in [0.1, 0.15) is 29.9 Å². The largest absolute Gasteiger partial charge is 0.508 e. The van der Waals surface area contributed by atoms with Gasteiger partial charge in [-0.2, -0.15) is 12.6 Å². The monoisotopic (exact) mass is 484 g/mol. The smallest absolute Gasteiger partial charge is 0.326 e. The van der Waals surface area contributed by atoms with E-state index in [1.54, 1.807) is 12.1 Å². The molecule has 184 valence electrons. The van der Waals surface area contributed by atoms with Crippen LogP contribution in [0.4, 0.5) is 0 Å². The number of aliphatic carboxylic acids is 1. The summed E-state index contributed by atoms with van der Waals surface area (Å²) in [6.07, 6.45) is 0.203. The van der Waals surface area contributed by atoms with Crippen molar-refractivity contribution < 1.29 is 34.5 Å². The summed E-state index contributed by atoms with van der Waals surface area (Å²) in [5, 5.41) is 35.2. The number of carbonyl (C=O) groups is 4. The maximum atomic E-state index is 12.9. The number of rotatable bonds is 13. The van der Waals surface area contributed by atoms with Crippen LogP contribution in [0.5, 0.6) is 5.75 Å². The number of nitrogens with two attached hydrogens (primary N) is 1. The molecule has 12 heteroatoms. The van der Waals surface area contributed by atoms with Crippen LogP contribution in [-0.2, 0) is 25.6 Å². The predicted octanol–water partition coefficient (Wildman–Crippen LogP) is -1.23. The number of aliphatic hydroxyl groups is 1. The number of hydrogen-bond acceptors (Lipinski definition) is 8. The van der Waals surface area contributed by atoms with E-state index in [4.69, 9.17) is 10.8 Å². The molecule has 1 rings (SSSR count). The van der Waals surface area contributed by atoms with Crippen LogP contribution in [0.3, 0.4) is 0 Å². The average molecular weight is 485 g/mol. The summed E-state index contributed by atoms with van der Waals surface area (Å²) in [6.45, 7) is 2.99. The van der Waals surface area contributed by atoms with Gasteiger partial charge in [0, 0.05) is 12.2 Å². The van der Waals surface area contributed by atoms with Crippen LogP contribution in [0.2, 0.25) is 0 Å². The Kier molecular flexibility index (Phi) is 11.7. The van der Waals surface area contributed by atoms with Crippen LogP contribution >= 0.6 is 12.6 Å². The molecule has 3 amide bonds. The van der Waals surface area contributed by atoms with Crippen LogP contribution in [0.15, 0.2) is 24.3 Å². The molecular weight excluding hydrogens is 452 g/mol. The first kappa shape index (κ1) is 28.2. The molecule has 1 aromatic rings. The number of amides is 3. The Morgan fingerprint density at radius 3 is 1.94 bits per heavy atom. The molecule has 0 aliphatic heterocycles. The third-order valence-electron chi connectivity index (χ3n) is 4.68. The van der Waals surface area contributed by atoms with Crippen LogP contribution in [0.25, 0.3) is 0 Å². The van der Waals surface area contributed by atoms with Gasteiger partial charge in [0.05, 0.1) is 6.61 Å². The number of aromatic hydroxyl groups is 1. The molecule has 1 aromatic carbocycles. The number of phenols is 1. The highest BCUT2D eigenvalue weighted by molar-refractivity contribution is 7.80. The molecule has 0 aliphatic rings. The lowest BCUT2D eigenvalue weighted by atomic mass is 10.0. The van der Waals surface area contributed by atoms with Crippen molar-refractivity contribution in [2.24, 2.45) is 11.7 Å². The zero-order chi connectivity index (χ0) is 25.1. The second kappa shape index (κ2) is 13.7. The molecule has 33 heavy (non-hydrogen) atoms. The van der Waals surface area contributed by atoms with Crippen molar-refractivity contribution in [2.75, 3.05) is 12.4 Å². The zero-order valence-corrected chi connectivity index (χ0v) is 19.4. The Bertz CT molecular complexity index is 819. The predicted molar refractivity (Wildman–Crippen MR) is 124 cm³/mol. The molecule has 0 fully saturated rings. The first-order valence-corrected chi connectivity index (χ1v) is 11.0. The van der Waals surface area contributed by atoms with Gasteiger partial charge < -0.3 is 37.0 Å². The summed E-state index contributed by atoms with van der Waals surface area (Å²) >= 11 is 4.08. The molecule has 4 unspecified atom stereocenters. The van der Waals surface area contributed by atoms with E-state index >= 15 is 0 Å². The maximum absolute atomic E-state index is 12.9. The summed E-state index contributed by atoms with van der Waals surface area (Å²) in [4.78, 5) is 49.1. The fraction of sp³-hybridized carbons (Fsp3) is 0.524. The highest BCUT2D eigenvalue weighted by Gasteiger charge is 2.30. The molecule has 0 radical (unpaired) electrons. The number of phenolic OH excluding ortho intramolecular Hbond substituents is 1. The van der Waals surface area contributed by atoms with Crippen LogP contribution in [0, 0.1) is 5.92 Å². The molecule has 0 aromatic heterocycles. The second-order valence-electron chi connectivity index (χ2n) is 7.99. The van der Waals surface area contributed by atoms with E-state index in [9.17, 15) is 29.4 Å². The Balaban J connectivity index is 2.98. The minimum absolute atomic E-state index is 0.00200. The molecule has 4 atom stereocenters. The summed E-state index contributed by atoms with van der Waals surface area (Å²) in [6, 6.07) is 1.22. The summed E-state index contributed by atoms with van der Waals surface area (Å²) in [7, 11) is 0. The molecule has 0 heterocycles. The normalized spacial score (nSPS) is 14.6. The van der Waals surface area contributed by atoms with E-state index in [0.717, 1.165) is 0 Å². The average Bonchev–Trinajstić information content (AvgIpc) is 2.76. The lowest BCUT2D eigenvalue weighted by Crippen LogP contribution is -2.58. The third-order valence-corrected chi connectivity index (χ3v) is 5.05. The lowest BCUT2D eigenvalue weighted by Gasteiger charge is -2.24. The number of benzene rings is 1. The van der Waals surface area contributed by atoms with E-state index < -0.39 is 54.5 Å². The molecular formula is C21H32N4O7S. The van der Waals surface area contributed by atoms with Crippen molar-refractivity contribution in [3.05, 3.63) is 29.8 Å². The van der Waals surface area contributed by atoms with Gasteiger partial charge in [-0.3, -0.25) is 14.4 Å². The van der Waals surface area contributed by atoms with E-state index in [1.165, 1.54) is 12.1 Å². The topological polar surface area (TPSA) is 191 Å². The Morgan fingerprint density at radius 1 is 0.939 bits per heavy atom. The van der Waals surface area contributed by atoms with Crippen molar-refractivity contribution in [1.82, 2.24) is 16.0 Å². The number of thiol groups is 1. The molecule has 11 nitrogen and oxygen atoms in total. The van der Waals surface area contributed by atoms with Gasteiger partial charge in [0.25, 0.3) is 0 Å². The van der Waals surface area contributed by atoms with Crippen molar-refractivity contribution in [1.29, 1.82) is 0 Å². The Morgan fingerprint density at radius 2 is 1.45 bits per heavy atom. The van der Waals surface area contributed by atoms with Gasteiger partial charge in [-0.1, -0.05) is 26.0 Å². The standard InChI is InChI=1S/C21H32N4O7S/c1-11(2)7-16(21(31)32)24-20(30)17(10-33)25-19(29)15(23-18(28)14(22)9-26)8-12-3-5-13(27)6-4-12/h3-6,11,14-17,26-27,33H,7-10,22H2,1-2H3,(H,23,28)(H,24,30)(H,25,29)(H,31,32). The van der Waals surface area contributed by atoms with Crippen molar-refractivity contribution in [3.8, 4) is 5.75 Å². The van der Waals surface area contributed by atoms with Gasteiger partial charge in [0.15, 0.2) is 0 Å². The highest BCUT2D eigenvalue weighted by Crippen LogP contribution is 2.12. The molecule has 0 saturated heterocycles. The summed E-state index contributed by atoms with van der Waals surface area (Å²) in [5.41, 5.74) is 6.12. The molecule has 8 N–H and O–H groups in total. The third kappa shape index (κ3) is 9.68. The van der Waals surface area contributed by atoms with Gasteiger partial charge in [-0.25, -0.2) is 4.79 Å². The number of aliphatic hydroxyl groups excluding tert-OH is 1. The van der Waals surface area contributed by atoms with E-state index in [-0.39, 0.29) is 30.3 Å². The van der Waals surface area contributed by atoms with Crippen LogP contribution in [-0.4, -0.2) is 75.5 Å². The Labute approximate surface area is 197 Å². The molecule has 0 spiro atoms. The van der Waals surface area contributed by atoms with Crippen molar-refractivity contribution in [2.45, 2.75) is 50.9 Å². The number of carboxylic acids is 1. The minimum atomic E-state index is -1.25. The quantitative estimate of drug-likeness (QED) is 0.160. The van der Waals surface area contributed by atoms with Crippen LogP contribution < -0.4 is 21.7 Å². The molecule has 0 aliphatic carbocycles. The van der Waals surface area contributed by atoms with Crippen LogP contribution in [0.1, 0.15) is 25.8 Å². The number of nitrogens with one attached hydrogen (secondary N) is 3.